The molecule has 0 spiro atoms. The minimum absolute atomic E-state index is 0.0300. The molecule has 1 rings (SSSR count). The molecule has 0 aliphatic heterocycles. The van der Waals surface area contributed by atoms with Crippen LogP contribution < -0.4 is 0 Å². The topological polar surface area (TPSA) is 54.4 Å². The summed E-state index contributed by atoms with van der Waals surface area (Å²) in [7, 11) is 0. The highest BCUT2D eigenvalue weighted by molar-refractivity contribution is 6.21. The molecule has 1 N–H and O–H groups in total. The predicted molar refractivity (Wildman–Crippen MR) is 94.5 cm³/mol. The maximum Gasteiger partial charge on any atom is 0.169 e. The van der Waals surface area contributed by atoms with Crippen molar-refractivity contribution in [2.45, 2.75) is 90.4 Å². The van der Waals surface area contributed by atoms with Crippen molar-refractivity contribution in [3.63, 3.8) is 0 Å². The predicted octanol–water partition coefficient (Wildman–Crippen LogP) is 5.60. The molecule has 1 saturated carbocycles. The number of ketones is 2. The first kappa shape index (κ1) is 19.7. The van der Waals surface area contributed by atoms with Crippen LogP contribution in [0.2, 0.25) is 0 Å². The van der Waals surface area contributed by atoms with Crippen LogP contribution in [-0.2, 0) is 9.59 Å². The van der Waals surface area contributed by atoms with Crippen LogP contribution in [0, 0.1) is 0 Å². The second-order valence-electron chi connectivity index (χ2n) is 6.41. The molecule has 0 aromatic heterocycles. The van der Waals surface area contributed by atoms with E-state index >= 15 is 0 Å². The third-order valence-corrected chi connectivity index (χ3v) is 4.34. The summed E-state index contributed by atoms with van der Waals surface area (Å²) in [6.45, 7) is 2.16. The highest BCUT2D eigenvalue weighted by Crippen LogP contribution is 2.22. The minimum atomic E-state index is -0.170. The van der Waals surface area contributed by atoms with Crippen molar-refractivity contribution in [3.8, 4) is 0 Å². The van der Waals surface area contributed by atoms with Crippen molar-refractivity contribution in [2.75, 3.05) is 0 Å². The zero-order valence-corrected chi connectivity index (χ0v) is 14.6. The first-order valence-corrected chi connectivity index (χ1v) is 9.30. The summed E-state index contributed by atoms with van der Waals surface area (Å²) in [5, 5.41) is 9.99. The zero-order chi connectivity index (χ0) is 16.9. The van der Waals surface area contributed by atoms with Crippen LogP contribution >= 0.6 is 0 Å². The minimum Gasteiger partial charge on any atom is -0.511 e. The summed E-state index contributed by atoms with van der Waals surface area (Å²) in [4.78, 5) is 23.4. The van der Waals surface area contributed by atoms with Gasteiger partial charge < -0.3 is 5.11 Å². The molecule has 130 valence electrons. The summed E-state index contributed by atoms with van der Waals surface area (Å²) in [5.41, 5.74) is 0.0939. The van der Waals surface area contributed by atoms with Gasteiger partial charge in [-0.05, 0) is 32.1 Å². The molecule has 0 heterocycles. The first-order chi connectivity index (χ1) is 11.2. The third kappa shape index (κ3) is 8.15. The van der Waals surface area contributed by atoms with E-state index in [0.29, 0.717) is 25.7 Å². The van der Waals surface area contributed by atoms with Crippen LogP contribution in [0.1, 0.15) is 90.4 Å². The fourth-order valence-electron chi connectivity index (χ4n) is 2.98. The van der Waals surface area contributed by atoms with Gasteiger partial charge in [0.15, 0.2) is 11.6 Å². The molecule has 0 bridgehead atoms. The van der Waals surface area contributed by atoms with Crippen molar-refractivity contribution in [2.24, 2.45) is 0 Å². The Morgan fingerprint density at radius 1 is 0.913 bits per heavy atom. The number of unbranched alkanes of at least 4 members (excludes halogenated alkanes) is 7. The van der Waals surface area contributed by atoms with Crippen LogP contribution in [-0.4, -0.2) is 16.7 Å². The number of rotatable bonds is 11. The van der Waals surface area contributed by atoms with Crippen molar-refractivity contribution < 1.29 is 14.7 Å². The lowest BCUT2D eigenvalue weighted by atomic mass is 9.90. The van der Waals surface area contributed by atoms with E-state index in [0.717, 1.165) is 25.7 Å². The summed E-state index contributed by atoms with van der Waals surface area (Å²) < 4.78 is 0. The van der Waals surface area contributed by atoms with Crippen LogP contribution in [0.5, 0.6) is 0 Å². The molecule has 0 unspecified atom stereocenters. The van der Waals surface area contributed by atoms with E-state index in [9.17, 15) is 14.7 Å². The molecule has 0 radical (unpaired) electrons. The molecule has 3 heteroatoms. The van der Waals surface area contributed by atoms with Gasteiger partial charge in [-0.15, -0.1) is 0 Å². The molecule has 3 nitrogen and oxygen atoms in total. The number of carbonyl (C=O) groups is 2. The molecule has 0 aromatic rings. The fraction of sp³-hybridized carbons (Fsp3) is 0.700. The van der Waals surface area contributed by atoms with Crippen molar-refractivity contribution in [1.82, 2.24) is 0 Å². The Bertz CT molecular complexity index is 414. The first-order valence-electron chi connectivity index (χ1n) is 9.30. The van der Waals surface area contributed by atoms with E-state index in [-0.39, 0.29) is 22.9 Å². The molecule has 0 atom stereocenters. The lowest BCUT2D eigenvalue weighted by molar-refractivity contribution is -0.124. The van der Waals surface area contributed by atoms with Gasteiger partial charge in [-0.2, -0.15) is 0 Å². The average Bonchev–Trinajstić information content (AvgIpc) is 2.52. The molecule has 0 amide bonds. The van der Waals surface area contributed by atoms with Gasteiger partial charge in [0.05, 0.1) is 5.57 Å². The van der Waals surface area contributed by atoms with E-state index in [1.165, 1.54) is 32.1 Å². The summed E-state index contributed by atoms with van der Waals surface area (Å²) in [6, 6.07) is 0. The Morgan fingerprint density at radius 2 is 1.48 bits per heavy atom. The second kappa shape index (κ2) is 12.1. The van der Waals surface area contributed by atoms with Gasteiger partial charge in [-0.3, -0.25) is 9.59 Å². The van der Waals surface area contributed by atoms with Crippen molar-refractivity contribution in [3.05, 3.63) is 23.5 Å². The SMILES string of the molecule is CC/C=C/CCCCCCCCCC(O)=C1C(=O)CCCC1=O. The summed E-state index contributed by atoms with van der Waals surface area (Å²) in [5.74, 6) is -0.311. The van der Waals surface area contributed by atoms with E-state index in [1.54, 1.807) is 0 Å². The molecule has 23 heavy (non-hydrogen) atoms. The van der Waals surface area contributed by atoms with Gasteiger partial charge in [0.2, 0.25) is 0 Å². The highest BCUT2D eigenvalue weighted by Gasteiger charge is 2.26. The van der Waals surface area contributed by atoms with E-state index in [2.05, 4.69) is 19.1 Å². The molecular weight excluding hydrogens is 288 g/mol. The van der Waals surface area contributed by atoms with Gasteiger partial charge in [0.1, 0.15) is 5.76 Å². The molecular formula is C20H32O3. The number of hydrogen-bond donors (Lipinski definition) is 1. The smallest absolute Gasteiger partial charge is 0.169 e. The molecule has 0 aromatic carbocycles. The fourth-order valence-corrected chi connectivity index (χ4v) is 2.98. The Morgan fingerprint density at radius 3 is 2.09 bits per heavy atom. The number of allylic oxidation sites excluding steroid dienone is 4. The maximum atomic E-state index is 11.7. The summed E-state index contributed by atoms with van der Waals surface area (Å²) in [6.07, 6.45) is 16.8. The van der Waals surface area contributed by atoms with Gasteiger partial charge in [-0.1, -0.05) is 51.2 Å². The molecule has 1 aliphatic rings. The average molecular weight is 320 g/mol. The van der Waals surface area contributed by atoms with Crippen molar-refractivity contribution in [1.29, 1.82) is 0 Å². The lowest BCUT2D eigenvalue weighted by Crippen LogP contribution is -2.20. The number of aliphatic hydroxyl groups excluding tert-OH is 1. The summed E-state index contributed by atoms with van der Waals surface area (Å²) >= 11 is 0. The van der Waals surface area contributed by atoms with Crippen LogP contribution in [0.3, 0.4) is 0 Å². The maximum absolute atomic E-state index is 11.7. The highest BCUT2D eigenvalue weighted by atomic mass is 16.3. The number of hydrogen-bond acceptors (Lipinski definition) is 3. The molecule has 0 saturated heterocycles. The molecule has 1 aliphatic carbocycles. The standard InChI is InChI=1S/C20H32O3/c1-2-3-4-5-6-7-8-9-10-11-12-14-17(21)20-18(22)15-13-16-19(20)23/h3-4,21H,2,5-16H2,1H3/b4-3+. The largest absolute Gasteiger partial charge is 0.511 e. The Balaban J connectivity index is 2.07. The third-order valence-electron chi connectivity index (χ3n) is 4.34. The van der Waals surface area contributed by atoms with Crippen LogP contribution in [0.15, 0.2) is 23.5 Å². The number of Topliss-reactive ketones (excluding diaryl/α,β-unsaturated/α-hetero) is 2. The second-order valence-corrected chi connectivity index (χ2v) is 6.41. The Labute approximate surface area is 140 Å². The van der Waals surface area contributed by atoms with Gasteiger partial charge in [0, 0.05) is 19.3 Å². The Kier molecular flexibility index (Phi) is 10.3. The van der Waals surface area contributed by atoms with Gasteiger partial charge in [-0.25, -0.2) is 0 Å². The normalized spacial score (nSPS) is 15.6. The zero-order valence-electron chi connectivity index (χ0n) is 14.6. The quantitative estimate of drug-likeness (QED) is 0.177. The lowest BCUT2D eigenvalue weighted by Gasteiger charge is -2.13. The van der Waals surface area contributed by atoms with Crippen LogP contribution in [0.4, 0.5) is 0 Å². The van der Waals surface area contributed by atoms with E-state index in [1.807, 2.05) is 0 Å². The number of carbonyl (C=O) groups excluding carboxylic acids is 2. The monoisotopic (exact) mass is 320 g/mol. The molecule has 1 fully saturated rings. The van der Waals surface area contributed by atoms with Crippen LogP contribution in [0.25, 0.3) is 0 Å². The van der Waals surface area contributed by atoms with Crippen molar-refractivity contribution >= 4 is 11.6 Å². The van der Waals surface area contributed by atoms with Gasteiger partial charge >= 0.3 is 0 Å². The number of aliphatic hydroxyl groups is 1. The Hall–Kier alpha value is -1.38. The van der Waals surface area contributed by atoms with Gasteiger partial charge in [0.25, 0.3) is 0 Å². The van der Waals surface area contributed by atoms with E-state index in [4.69, 9.17) is 0 Å². The van der Waals surface area contributed by atoms with E-state index < -0.39 is 0 Å².